The van der Waals surface area contributed by atoms with Gasteiger partial charge in [0.25, 0.3) is 5.56 Å². The maximum atomic E-state index is 13.5. The number of carbonyl (C=O) groups is 1. The van der Waals surface area contributed by atoms with Gasteiger partial charge in [-0.3, -0.25) is 19.1 Å². The zero-order valence-electron chi connectivity index (χ0n) is 15.7. The third kappa shape index (κ3) is 4.68. The van der Waals surface area contributed by atoms with Crippen LogP contribution in [-0.2, 0) is 18.3 Å². The van der Waals surface area contributed by atoms with Crippen molar-refractivity contribution in [2.24, 2.45) is 7.05 Å². The van der Waals surface area contributed by atoms with Gasteiger partial charge in [-0.1, -0.05) is 0 Å². The average molecular weight is 407 g/mol. The number of H-pyrrole nitrogens is 2. The number of hydrogen-bond donors (Lipinski definition) is 3. The third-order valence-electron chi connectivity index (χ3n) is 4.18. The maximum absolute atomic E-state index is 13.5. The normalized spacial score (nSPS) is 12.1. The van der Waals surface area contributed by atoms with Crippen molar-refractivity contribution in [3.63, 3.8) is 0 Å². The lowest BCUT2D eigenvalue weighted by Crippen LogP contribution is -2.37. The average Bonchev–Trinajstić information content (AvgIpc) is 3.09. The number of benzene rings is 1. The molecule has 0 aliphatic carbocycles. The van der Waals surface area contributed by atoms with E-state index in [1.54, 1.807) is 6.92 Å². The predicted molar refractivity (Wildman–Crippen MR) is 99.7 cm³/mol. The molecule has 1 aromatic carbocycles. The van der Waals surface area contributed by atoms with Crippen molar-refractivity contribution in [3.05, 3.63) is 56.5 Å². The minimum atomic E-state index is -0.821. The lowest BCUT2D eigenvalue weighted by Gasteiger charge is -2.15. The van der Waals surface area contributed by atoms with Gasteiger partial charge >= 0.3 is 5.69 Å². The fraction of sp³-hybridized carbons (Fsp3) is 0.333. The van der Waals surface area contributed by atoms with Crippen LogP contribution in [-0.4, -0.2) is 38.1 Å². The number of aromatic nitrogens is 4. The van der Waals surface area contributed by atoms with Crippen molar-refractivity contribution in [2.45, 2.75) is 25.8 Å². The number of aromatic amines is 2. The minimum absolute atomic E-state index is 0.00355. The highest BCUT2D eigenvalue weighted by atomic mass is 19.1. The standard InChI is InChI=1S/C18H19F2N5O4/c1-9(8-29-12-4-3-10(19)7-11(12)20)21-14(26)6-5-13-22-15-16(23-13)25(2)18(28)24-17(15)27/h3-4,7,9H,5-6,8H2,1-2H3,(H,21,26)(H,22,23)(H,24,27,28). The summed E-state index contributed by atoms with van der Waals surface area (Å²) in [7, 11) is 1.48. The molecule has 1 atom stereocenters. The summed E-state index contributed by atoms with van der Waals surface area (Å²) >= 11 is 0. The zero-order chi connectivity index (χ0) is 21.1. The fourth-order valence-electron chi connectivity index (χ4n) is 2.70. The second-order valence-corrected chi connectivity index (χ2v) is 6.55. The molecule has 0 saturated heterocycles. The van der Waals surface area contributed by atoms with Crippen LogP contribution in [0.5, 0.6) is 5.75 Å². The number of aryl methyl sites for hydroxylation is 2. The number of nitrogens with zero attached hydrogens (tertiary/aromatic N) is 2. The van der Waals surface area contributed by atoms with E-state index in [9.17, 15) is 23.2 Å². The van der Waals surface area contributed by atoms with Gasteiger partial charge in [0.2, 0.25) is 5.91 Å². The van der Waals surface area contributed by atoms with E-state index < -0.39 is 28.9 Å². The number of amides is 1. The van der Waals surface area contributed by atoms with Crippen molar-refractivity contribution in [3.8, 4) is 5.75 Å². The largest absolute Gasteiger partial charge is 0.488 e. The molecule has 1 unspecified atom stereocenters. The summed E-state index contributed by atoms with van der Waals surface area (Å²) in [6.45, 7) is 1.67. The Kier molecular flexibility index (Phi) is 5.76. The van der Waals surface area contributed by atoms with E-state index in [4.69, 9.17) is 4.74 Å². The molecule has 2 aromatic heterocycles. The van der Waals surface area contributed by atoms with Crippen molar-refractivity contribution < 1.29 is 18.3 Å². The van der Waals surface area contributed by atoms with E-state index >= 15 is 0 Å². The molecule has 0 fully saturated rings. The van der Waals surface area contributed by atoms with Gasteiger partial charge < -0.3 is 15.0 Å². The van der Waals surface area contributed by atoms with E-state index in [0.29, 0.717) is 11.9 Å². The van der Waals surface area contributed by atoms with Gasteiger partial charge in [-0.05, 0) is 19.1 Å². The van der Waals surface area contributed by atoms with Gasteiger partial charge in [-0.25, -0.2) is 18.6 Å². The number of imidazole rings is 1. The van der Waals surface area contributed by atoms with E-state index in [2.05, 4.69) is 20.3 Å². The summed E-state index contributed by atoms with van der Waals surface area (Å²) in [5.41, 5.74) is -0.794. The Morgan fingerprint density at radius 2 is 2.07 bits per heavy atom. The van der Waals surface area contributed by atoms with E-state index in [0.717, 1.165) is 6.07 Å². The molecule has 154 valence electrons. The Bertz CT molecular complexity index is 1170. The summed E-state index contributed by atoms with van der Waals surface area (Å²) in [4.78, 5) is 44.6. The lowest BCUT2D eigenvalue weighted by molar-refractivity contribution is -0.121. The quantitative estimate of drug-likeness (QED) is 0.533. The predicted octanol–water partition coefficient (Wildman–Crippen LogP) is 0.744. The summed E-state index contributed by atoms with van der Waals surface area (Å²) in [5.74, 6) is -1.55. The minimum Gasteiger partial charge on any atom is -0.488 e. The number of carbonyl (C=O) groups excluding carboxylic acids is 1. The SMILES string of the molecule is CC(COc1ccc(F)cc1F)NC(=O)CCc1nc2c([nH]1)c(=O)[nH]c(=O)n2C. The van der Waals surface area contributed by atoms with Crippen LogP contribution in [0, 0.1) is 11.6 Å². The van der Waals surface area contributed by atoms with Crippen LogP contribution in [0.25, 0.3) is 11.2 Å². The van der Waals surface area contributed by atoms with Crippen LogP contribution in [0.2, 0.25) is 0 Å². The molecule has 3 aromatic rings. The Morgan fingerprint density at radius 1 is 1.31 bits per heavy atom. The van der Waals surface area contributed by atoms with Crippen LogP contribution in [0.3, 0.4) is 0 Å². The Balaban J connectivity index is 1.53. The summed E-state index contributed by atoms with van der Waals surface area (Å²) in [6, 6.07) is 2.55. The molecule has 0 saturated carbocycles. The van der Waals surface area contributed by atoms with Crippen molar-refractivity contribution in [1.82, 2.24) is 24.8 Å². The molecule has 0 aliphatic heterocycles. The molecule has 3 rings (SSSR count). The van der Waals surface area contributed by atoms with Crippen LogP contribution >= 0.6 is 0 Å². The first kappa shape index (κ1) is 20.2. The van der Waals surface area contributed by atoms with Gasteiger partial charge in [0.15, 0.2) is 17.2 Å². The highest BCUT2D eigenvalue weighted by Crippen LogP contribution is 2.17. The van der Waals surface area contributed by atoms with E-state index in [1.165, 1.54) is 17.7 Å². The van der Waals surface area contributed by atoms with Crippen LogP contribution in [0.4, 0.5) is 8.78 Å². The van der Waals surface area contributed by atoms with E-state index in [-0.39, 0.29) is 42.3 Å². The highest BCUT2D eigenvalue weighted by Gasteiger charge is 2.14. The van der Waals surface area contributed by atoms with Crippen LogP contribution in [0.15, 0.2) is 27.8 Å². The molecule has 0 radical (unpaired) electrons. The number of ether oxygens (including phenoxy) is 1. The first-order valence-electron chi connectivity index (χ1n) is 8.79. The summed E-state index contributed by atoms with van der Waals surface area (Å²) in [5, 5.41) is 2.69. The Morgan fingerprint density at radius 3 is 2.79 bits per heavy atom. The smallest absolute Gasteiger partial charge is 0.329 e. The van der Waals surface area contributed by atoms with Gasteiger partial charge in [-0.15, -0.1) is 0 Å². The topological polar surface area (TPSA) is 122 Å². The van der Waals surface area contributed by atoms with Gasteiger partial charge in [-0.2, -0.15) is 0 Å². The van der Waals surface area contributed by atoms with Gasteiger partial charge in [0.05, 0.1) is 6.04 Å². The number of fused-ring (bicyclic) bond motifs is 1. The second-order valence-electron chi connectivity index (χ2n) is 6.55. The molecule has 29 heavy (non-hydrogen) atoms. The third-order valence-corrected chi connectivity index (χ3v) is 4.18. The number of halogens is 2. The van der Waals surface area contributed by atoms with Gasteiger partial charge in [0, 0.05) is 26.0 Å². The fourth-order valence-corrected chi connectivity index (χ4v) is 2.70. The number of nitrogens with one attached hydrogen (secondary N) is 3. The lowest BCUT2D eigenvalue weighted by atomic mass is 10.2. The van der Waals surface area contributed by atoms with Crippen LogP contribution < -0.4 is 21.3 Å². The molecule has 2 heterocycles. The molecular formula is C18H19F2N5O4. The molecule has 9 nitrogen and oxygen atoms in total. The maximum Gasteiger partial charge on any atom is 0.329 e. The Hall–Kier alpha value is -3.50. The number of hydrogen-bond acceptors (Lipinski definition) is 5. The molecule has 0 spiro atoms. The van der Waals surface area contributed by atoms with Crippen molar-refractivity contribution >= 4 is 17.1 Å². The van der Waals surface area contributed by atoms with Crippen LogP contribution in [0.1, 0.15) is 19.2 Å². The molecule has 1 amide bonds. The van der Waals surface area contributed by atoms with Gasteiger partial charge in [0.1, 0.15) is 23.8 Å². The van der Waals surface area contributed by atoms with Crippen molar-refractivity contribution in [1.29, 1.82) is 0 Å². The summed E-state index contributed by atoms with van der Waals surface area (Å²) in [6.07, 6.45) is 0.287. The first-order valence-corrected chi connectivity index (χ1v) is 8.79. The molecule has 0 bridgehead atoms. The molecular weight excluding hydrogens is 388 g/mol. The molecule has 0 aliphatic rings. The molecule has 3 N–H and O–H groups in total. The second kappa shape index (κ2) is 8.25. The first-order chi connectivity index (χ1) is 13.7. The number of rotatable bonds is 7. The highest BCUT2D eigenvalue weighted by molar-refractivity contribution is 5.76. The van der Waals surface area contributed by atoms with E-state index in [1.807, 2.05) is 0 Å². The monoisotopic (exact) mass is 407 g/mol. The Labute approximate surface area is 162 Å². The zero-order valence-corrected chi connectivity index (χ0v) is 15.7. The van der Waals surface area contributed by atoms with Crippen molar-refractivity contribution in [2.75, 3.05) is 6.61 Å². The summed E-state index contributed by atoms with van der Waals surface area (Å²) < 4.78 is 32.9. The molecule has 11 heteroatoms.